The molecule has 0 aliphatic carbocycles. The van der Waals surface area contributed by atoms with Crippen LogP contribution in [-0.4, -0.2) is 40.7 Å². The third-order valence-electron chi connectivity index (χ3n) is 4.05. The number of imide groups is 1. The number of rotatable bonds is 6. The maximum atomic E-state index is 12.7. The number of anilines is 1. The van der Waals surface area contributed by atoms with Crippen LogP contribution in [-0.2, 0) is 4.79 Å². The molecule has 1 heterocycles. The Bertz CT molecular complexity index is 946. The Labute approximate surface area is 171 Å². The molecule has 2 N–H and O–H groups in total. The van der Waals surface area contributed by atoms with E-state index in [1.54, 1.807) is 36.4 Å². The summed E-state index contributed by atoms with van der Waals surface area (Å²) in [4.78, 5) is 26.6. The number of carbonyl (C=O) groups excluding carboxylic acids is 2. The minimum atomic E-state index is -0.996. The lowest BCUT2D eigenvalue weighted by molar-refractivity contribution is -0.113. The van der Waals surface area contributed by atoms with Gasteiger partial charge in [-0.1, -0.05) is 35.9 Å². The van der Waals surface area contributed by atoms with Crippen LogP contribution >= 0.6 is 23.4 Å². The van der Waals surface area contributed by atoms with Crippen molar-refractivity contribution in [2.75, 3.05) is 18.1 Å². The van der Waals surface area contributed by atoms with E-state index >= 15 is 0 Å². The number of nitrogens with zero attached hydrogens (tertiary/aromatic N) is 1. The molecule has 8 heteroatoms. The van der Waals surface area contributed by atoms with E-state index in [0.717, 1.165) is 17.3 Å². The van der Waals surface area contributed by atoms with E-state index in [9.17, 15) is 14.7 Å². The molecule has 0 aromatic heterocycles. The number of carbonyl (C=O) groups is 2. The van der Waals surface area contributed by atoms with Gasteiger partial charge in [-0.2, -0.15) is 0 Å². The molecule has 28 heavy (non-hydrogen) atoms. The average Bonchev–Trinajstić information content (AvgIpc) is 2.94. The van der Waals surface area contributed by atoms with E-state index in [2.05, 4.69) is 0 Å². The van der Waals surface area contributed by atoms with Gasteiger partial charge in [0.25, 0.3) is 11.1 Å². The van der Waals surface area contributed by atoms with E-state index in [-0.39, 0.29) is 22.8 Å². The second kappa shape index (κ2) is 8.79. The maximum absolute atomic E-state index is 12.7. The zero-order chi connectivity index (χ0) is 20.3. The fraction of sp³-hybridized carbons (Fsp3) is 0.200. The summed E-state index contributed by atoms with van der Waals surface area (Å²) < 4.78 is 5.34. The number of halogens is 1. The highest BCUT2D eigenvalue weighted by Gasteiger charge is 2.36. The number of aliphatic hydroxyl groups is 2. The van der Waals surface area contributed by atoms with Crippen LogP contribution in [0, 0.1) is 6.92 Å². The summed E-state index contributed by atoms with van der Waals surface area (Å²) in [5, 5.41) is 18.1. The summed E-state index contributed by atoms with van der Waals surface area (Å²) in [5.41, 5.74) is 2.04. The number of hydrogen-bond donors (Lipinski definition) is 2. The van der Waals surface area contributed by atoms with Crippen LogP contribution in [0.5, 0.6) is 5.75 Å². The molecular weight excluding hydrogens is 402 g/mol. The van der Waals surface area contributed by atoms with Crippen molar-refractivity contribution in [1.29, 1.82) is 0 Å². The summed E-state index contributed by atoms with van der Waals surface area (Å²) in [5.74, 6) is -0.0360. The average molecular weight is 420 g/mol. The van der Waals surface area contributed by atoms with Gasteiger partial charge in [-0.25, -0.2) is 4.90 Å². The normalized spacial score (nSPS) is 16.7. The summed E-state index contributed by atoms with van der Waals surface area (Å²) in [6.07, 6.45) is 0.602. The monoisotopic (exact) mass is 419 g/mol. The molecule has 0 unspecified atom stereocenters. The number of aryl methyl sites for hydroxylation is 1. The molecular formula is C20H18ClNO5S. The van der Waals surface area contributed by atoms with Crippen molar-refractivity contribution in [3.05, 3.63) is 63.5 Å². The summed E-state index contributed by atoms with van der Waals surface area (Å²) in [6.45, 7) is 1.34. The molecule has 0 spiro atoms. The Morgan fingerprint density at radius 2 is 2.00 bits per heavy atom. The van der Waals surface area contributed by atoms with Gasteiger partial charge in [0.15, 0.2) is 0 Å². The van der Waals surface area contributed by atoms with Crippen molar-refractivity contribution >= 4 is 46.3 Å². The smallest absolute Gasteiger partial charge is 0.298 e. The number of amides is 2. The first-order chi connectivity index (χ1) is 13.4. The van der Waals surface area contributed by atoms with E-state index < -0.39 is 12.7 Å². The second-order valence-electron chi connectivity index (χ2n) is 6.14. The fourth-order valence-corrected chi connectivity index (χ4v) is 3.68. The van der Waals surface area contributed by atoms with Gasteiger partial charge in [-0.15, -0.1) is 0 Å². The van der Waals surface area contributed by atoms with Crippen LogP contribution in [0.25, 0.3) is 6.08 Å². The van der Waals surface area contributed by atoms with Crippen LogP contribution < -0.4 is 9.64 Å². The minimum Gasteiger partial charge on any atom is -0.489 e. The number of hydrogen-bond acceptors (Lipinski definition) is 6. The van der Waals surface area contributed by atoms with Gasteiger partial charge in [0.05, 0.1) is 22.2 Å². The quantitative estimate of drug-likeness (QED) is 0.695. The van der Waals surface area contributed by atoms with Gasteiger partial charge in [0, 0.05) is 0 Å². The zero-order valence-electron chi connectivity index (χ0n) is 15.0. The van der Waals surface area contributed by atoms with Gasteiger partial charge in [0.2, 0.25) is 0 Å². The Hall–Kier alpha value is -2.32. The molecule has 0 saturated carbocycles. The molecule has 1 saturated heterocycles. The van der Waals surface area contributed by atoms with Crippen LogP contribution in [0.2, 0.25) is 5.02 Å². The SMILES string of the molecule is Cc1ccccc1N1C(=O)S/C(=C\c2ccc(OC[C@@H](O)CO)c(Cl)c2)C1=O. The van der Waals surface area contributed by atoms with Crippen LogP contribution in [0.3, 0.4) is 0 Å². The molecule has 1 aliphatic rings. The van der Waals surface area contributed by atoms with Crippen LogP contribution in [0.1, 0.15) is 11.1 Å². The van der Waals surface area contributed by atoms with Crippen molar-refractivity contribution in [1.82, 2.24) is 0 Å². The van der Waals surface area contributed by atoms with Crippen molar-refractivity contribution in [2.45, 2.75) is 13.0 Å². The molecule has 2 amide bonds. The van der Waals surface area contributed by atoms with Crippen molar-refractivity contribution < 1.29 is 24.5 Å². The number of ether oxygens (including phenoxy) is 1. The first kappa shape index (κ1) is 20.4. The van der Waals surface area contributed by atoms with Gasteiger partial charge < -0.3 is 14.9 Å². The Morgan fingerprint density at radius 1 is 1.25 bits per heavy atom. The molecule has 1 atom stereocenters. The molecule has 1 aliphatic heterocycles. The third kappa shape index (κ3) is 4.39. The summed E-state index contributed by atoms with van der Waals surface area (Å²) in [7, 11) is 0. The van der Waals surface area contributed by atoms with Crippen molar-refractivity contribution in [2.24, 2.45) is 0 Å². The predicted octanol–water partition coefficient (Wildman–Crippen LogP) is 3.62. The fourth-order valence-electron chi connectivity index (χ4n) is 2.60. The maximum Gasteiger partial charge on any atom is 0.298 e. The molecule has 0 radical (unpaired) electrons. The molecule has 3 rings (SSSR count). The van der Waals surface area contributed by atoms with E-state index in [1.165, 1.54) is 4.90 Å². The number of para-hydroxylation sites is 1. The zero-order valence-corrected chi connectivity index (χ0v) is 16.5. The lowest BCUT2D eigenvalue weighted by Crippen LogP contribution is -2.28. The Balaban J connectivity index is 1.80. The van der Waals surface area contributed by atoms with Gasteiger partial charge in [-0.3, -0.25) is 9.59 Å². The van der Waals surface area contributed by atoms with Crippen LogP contribution in [0.4, 0.5) is 10.5 Å². The predicted molar refractivity (Wildman–Crippen MR) is 110 cm³/mol. The molecule has 2 aromatic rings. The van der Waals surface area contributed by atoms with Crippen molar-refractivity contribution in [3.8, 4) is 5.75 Å². The van der Waals surface area contributed by atoms with E-state index in [0.29, 0.717) is 21.9 Å². The molecule has 1 fully saturated rings. The van der Waals surface area contributed by atoms with E-state index in [1.807, 2.05) is 19.1 Å². The second-order valence-corrected chi connectivity index (χ2v) is 7.54. The van der Waals surface area contributed by atoms with E-state index in [4.69, 9.17) is 21.4 Å². The Morgan fingerprint density at radius 3 is 2.68 bits per heavy atom. The highest BCUT2D eigenvalue weighted by molar-refractivity contribution is 8.19. The molecule has 6 nitrogen and oxygen atoms in total. The highest BCUT2D eigenvalue weighted by atomic mass is 35.5. The number of thioether (sulfide) groups is 1. The summed E-state index contributed by atoms with van der Waals surface area (Å²) >= 11 is 7.06. The molecule has 2 aromatic carbocycles. The molecule has 146 valence electrons. The Kier molecular flexibility index (Phi) is 6.41. The van der Waals surface area contributed by atoms with Gasteiger partial charge in [0.1, 0.15) is 18.5 Å². The first-order valence-electron chi connectivity index (χ1n) is 8.45. The topological polar surface area (TPSA) is 87.1 Å². The lowest BCUT2D eigenvalue weighted by Gasteiger charge is -2.14. The van der Waals surface area contributed by atoms with Crippen LogP contribution in [0.15, 0.2) is 47.4 Å². The standard InChI is InChI=1S/C20H18ClNO5S/c1-12-4-2-3-5-16(12)22-19(25)18(28-20(22)26)9-13-6-7-17(15(21)8-13)27-11-14(24)10-23/h2-9,14,23-24H,10-11H2,1H3/b18-9-/t14-/m0/s1. The summed E-state index contributed by atoms with van der Waals surface area (Å²) in [6, 6.07) is 12.1. The number of benzene rings is 2. The molecule has 0 bridgehead atoms. The van der Waals surface area contributed by atoms with Gasteiger partial charge in [-0.05, 0) is 54.1 Å². The van der Waals surface area contributed by atoms with Crippen molar-refractivity contribution in [3.63, 3.8) is 0 Å². The first-order valence-corrected chi connectivity index (χ1v) is 9.65. The van der Waals surface area contributed by atoms with Gasteiger partial charge >= 0.3 is 0 Å². The largest absolute Gasteiger partial charge is 0.489 e. The lowest BCUT2D eigenvalue weighted by atomic mass is 10.1. The highest BCUT2D eigenvalue weighted by Crippen LogP contribution is 2.37. The number of aliphatic hydroxyl groups excluding tert-OH is 2. The minimum absolute atomic E-state index is 0.0924. The third-order valence-corrected chi connectivity index (χ3v) is 5.21.